The molecule has 0 spiro atoms. The normalized spacial score (nSPS) is 10.8. The summed E-state index contributed by atoms with van der Waals surface area (Å²) in [6.07, 6.45) is 1.52. The summed E-state index contributed by atoms with van der Waals surface area (Å²) in [5.41, 5.74) is 8.92. The Balaban J connectivity index is 1.98. The van der Waals surface area contributed by atoms with Crippen molar-refractivity contribution in [1.82, 2.24) is 5.43 Å². The first-order valence-corrected chi connectivity index (χ1v) is 8.41. The monoisotopic (exact) mass is 383 g/mol. The van der Waals surface area contributed by atoms with Gasteiger partial charge < -0.3 is 10.5 Å². The highest BCUT2D eigenvalue weighted by Crippen LogP contribution is 2.27. The third-order valence-corrected chi connectivity index (χ3v) is 3.92. The first-order valence-electron chi connectivity index (χ1n) is 7.62. The molecule has 3 aromatic rings. The van der Waals surface area contributed by atoms with Gasteiger partial charge in [0.25, 0.3) is 0 Å². The Bertz CT molecular complexity index is 1000. The number of hydrazone groups is 1. The molecule has 0 bridgehead atoms. The van der Waals surface area contributed by atoms with Crippen LogP contribution in [-0.4, -0.2) is 17.3 Å². The van der Waals surface area contributed by atoms with Gasteiger partial charge in [0.1, 0.15) is 5.75 Å². The minimum absolute atomic E-state index is 0.0428. The molecule has 0 aliphatic heterocycles. The Hall–Kier alpha value is -2.96. The fraction of sp³-hybridized carbons (Fsp3) is 0. The summed E-state index contributed by atoms with van der Waals surface area (Å²) in [4.78, 5) is 12.4. The maximum Gasteiger partial charge on any atom is 0.343 e. The maximum absolute atomic E-state index is 12.4. The molecular weight excluding hydrogens is 370 g/mol. The van der Waals surface area contributed by atoms with Crippen molar-refractivity contribution < 1.29 is 9.53 Å². The minimum atomic E-state index is -0.492. The topological polar surface area (TPSA) is 76.7 Å². The molecule has 0 aliphatic carbocycles. The number of benzene rings is 3. The van der Waals surface area contributed by atoms with Gasteiger partial charge >= 0.3 is 5.97 Å². The van der Waals surface area contributed by atoms with Crippen LogP contribution >= 0.6 is 23.8 Å². The Kier molecular flexibility index (Phi) is 5.46. The van der Waals surface area contributed by atoms with E-state index in [2.05, 4.69) is 10.5 Å². The van der Waals surface area contributed by atoms with E-state index in [1.54, 1.807) is 30.3 Å². The van der Waals surface area contributed by atoms with Crippen molar-refractivity contribution in [1.29, 1.82) is 0 Å². The van der Waals surface area contributed by atoms with Crippen molar-refractivity contribution in [2.45, 2.75) is 0 Å². The van der Waals surface area contributed by atoms with Crippen LogP contribution in [0.2, 0.25) is 5.02 Å². The summed E-state index contributed by atoms with van der Waals surface area (Å²) < 4.78 is 5.57. The standard InChI is InChI=1S/C19H14ClN3O2S/c20-14-8-5-13(6-9-14)18(24)25-17-10-7-12-3-1-2-4-15(12)16(17)11-22-23-19(21)26/h1-11H,(H3,21,23,26)/b22-11-. The van der Waals surface area contributed by atoms with Gasteiger partial charge in [-0.25, -0.2) is 4.79 Å². The summed E-state index contributed by atoms with van der Waals surface area (Å²) >= 11 is 10.6. The largest absolute Gasteiger partial charge is 0.422 e. The molecule has 3 N–H and O–H groups in total. The van der Waals surface area contributed by atoms with Crippen molar-refractivity contribution in [3.63, 3.8) is 0 Å². The van der Waals surface area contributed by atoms with Gasteiger partial charge in [0, 0.05) is 10.6 Å². The highest BCUT2D eigenvalue weighted by atomic mass is 35.5. The van der Waals surface area contributed by atoms with Crippen LogP contribution in [0.15, 0.2) is 65.8 Å². The highest BCUT2D eigenvalue weighted by molar-refractivity contribution is 7.80. The number of hydrogen-bond donors (Lipinski definition) is 2. The van der Waals surface area contributed by atoms with Crippen LogP contribution in [0.25, 0.3) is 10.8 Å². The number of carbonyl (C=O) groups excluding carboxylic acids is 1. The Morgan fingerprint density at radius 3 is 2.58 bits per heavy atom. The summed E-state index contributed by atoms with van der Waals surface area (Å²) in [6.45, 7) is 0. The lowest BCUT2D eigenvalue weighted by molar-refractivity contribution is 0.0735. The summed E-state index contributed by atoms with van der Waals surface area (Å²) in [6, 6.07) is 17.8. The lowest BCUT2D eigenvalue weighted by Gasteiger charge is -2.10. The van der Waals surface area contributed by atoms with Crippen LogP contribution in [0, 0.1) is 0 Å². The SMILES string of the molecule is NC(=S)N/N=C\c1c(OC(=O)c2ccc(Cl)cc2)ccc2ccccc12. The molecule has 0 unspecified atom stereocenters. The molecule has 3 aromatic carbocycles. The Labute approximate surface area is 160 Å². The number of nitrogens with two attached hydrogens (primary N) is 1. The van der Waals surface area contributed by atoms with Crippen LogP contribution in [-0.2, 0) is 0 Å². The van der Waals surface area contributed by atoms with Crippen LogP contribution in [0.5, 0.6) is 5.75 Å². The molecule has 0 fully saturated rings. The maximum atomic E-state index is 12.4. The molecule has 3 rings (SSSR count). The second-order valence-electron chi connectivity index (χ2n) is 5.33. The lowest BCUT2D eigenvalue weighted by Crippen LogP contribution is -2.24. The number of hydrogen-bond acceptors (Lipinski definition) is 4. The molecule has 7 heteroatoms. The Morgan fingerprint density at radius 2 is 1.85 bits per heavy atom. The van der Waals surface area contributed by atoms with Crippen LogP contribution < -0.4 is 15.9 Å². The molecule has 0 amide bonds. The molecule has 0 saturated heterocycles. The van der Waals surface area contributed by atoms with Gasteiger partial charge in [-0.1, -0.05) is 41.9 Å². The second-order valence-corrected chi connectivity index (χ2v) is 6.21. The smallest absolute Gasteiger partial charge is 0.343 e. The van der Waals surface area contributed by atoms with E-state index in [-0.39, 0.29) is 5.11 Å². The van der Waals surface area contributed by atoms with Crippen LogP contribution in [0.3, 0.4) is 0 Å². The summed E-state index contributed by atoms with van der Waals surface area (Å²) in [5, 5.41) is 6.44. The fourth-order valence-electron chi connectivity index (χ4n) is 2.40. The number of esters is 1. The van der Waals surface area contributed by atoms with E-state index in [4.69, 9.17) is 34.3 Å². The van der Waals surface area contributed by atoms with Gasteiger partial charge in [-0.05, 0) is 53.3 Å². The molecule has 5 nitrogen and oxygen atoms in total. The van der Waals surface area contributed by atoms with Crippen molar-refractivity contribution >= 4 is 51.9 Å². The first kappa shape index (κ1) is 17.8. The lowest BCUT2D eigenvalue weighted by atomic mass is 10.0. The number of halogens is 1. The Morgan fingerprint density at radius 1 is 1.12 bits per heavy atom. The molecule has 0 heterocycles. The van der Waals surface area contributed by atoms with Gasteiger partial charge in [-0.3, -0.25) is 5.43 Å². The first-order chi connectivity index (χ1) is 12.5. The number of nitrogens with zero attached hydrogens (tertiary/aromatic N) is 1. The quantitative estimate of drug-likeness (QED) is 0.235. The van der Waals surface area contributed by atoms with Crippen LogP contribution in [0.1, 0.15) is 15.9 Å². The van der Waals surface area contributed by atoms with Gasteiger partial charge in [0.2, 0.25) is 0 Å². The molecule has 0 radical (unpaired) electrons. The average molecular weight is 384 g/mol. The fourth-order valence-corrected chi connectivity index (χ4v) is 2.58. The van der Waals surface area contributed by atoms with E-state index in [1.165, 1.54) is 6.21 Å². The number of ether oxygens (including phenoxy) is 1. The predicted molar refractivity (Wildman–Crippen MR) is 108 cm³/mol. The zero-order valence-electron chi connectivity index (χ0n) is 13.5. The van der Waals surface area contributed by atoms with Crippen molar-refractivity contribution in [2.75, 3.05) is 0 Å². The number of rotatable bonds is 4. The molecule has 0 atom stereocenters. The molecule has 130 valence electrons. The van der Waals surface area contributed by atoms with Gasteiger partial charge in [0.15, 0.2) is 5.11 Å². The summed E-state index contributed by atoms with van der Waals surface area (Å²) in [5.74, 6) is -0.119. The third-order valence-electron chi connectivity index (χ3n) is 3.58. The van der Waals surface area contributed by atoms with E-state index >= 15 is 0 Å². The molecule has 0 aromatic heterocycles. The van der Waals surface area contributed by atoms with E-state index in [1.807, 2.05) is 30.3 Å². The van der Waals surface area contributed by atoms with E-state index in [0.717, 1.165) is 10.8 Å². The molecule has 0 saturated carbocycles. The number of carbonyl (C=O) groups is 1. The molecular formula is C19H14ClN3O2S. The van der Waals surface area contributed by atoms with E-state index < -0.39 is 5.97 Å². The highest BCUT2D eigenvalue weighted by Gasteiger charge is 2.13. The summed E-state index contributed by atoms with van der Waals surface area (Å²) in [7, 11) is 0. The average Bonchev–Trinajstić information content (AvgIpc) is 2.63. The third kappa shape index (κ3) is 4.17. The predicted octanol–water partition coefficient (Wildman–Crippen LogP) is 3.88. The van der Waals surface area contributed by atoms with E-state index in [0.29, 0.717) is 21.9 Å². The van der Waals surface area contributed by atoms with Gasteiger partial charge in [-0.15, -0.1) is 0 Å². The molecule has 26 heavy (non-hydrogen) atoms. The van der Waals surface area contributed by atoms with Crippen LogP contribution in [0.4, 0.5) is 0 Å². The minimum Gasteiger partial charge on any atom is -0.422 e. The zero-order chi connectivity index (χ0) is 18.5. The van der Waals surface area contributed by atoms with Crippen molar-refractivity contribution in [2.24, 2.45) is 10.8 Å². The second kappa shape index (κ2) is 7.95. The van der Waals surface area contributed by atoms with Crippen molar-refractivity contribution in [3.05, 3.63) is 76.8 Å². The van der Waals surface area contributed by atoms with Gasteiger partial charge in [0.05, 0.1) is 11.8 Å². The van der Waals surface area contributed by atoms with Gasteiger partial charge in [-0.2, -0.15) is 5.10 Å². The number of nitrogens with one attached hydrogen (secondary N) is 1. The van der Waals surface area contributed by atoms with E-state index in [9.17, 15) is 4.79 Å². The number of thiocarbonyl (C=S) groups is 1. The zero-order valence-corrected chi connectivity index (χ0v) is 15.1. The molecule has 0 aliphatic rings. The van der Waals surface area contributed by atoms with Crippen molar-refractivity contribution in [3.8, 4) is 5.75 Å². The number of fused-ring (bicyclic) bond motifs is 1.